The second kappa shape index (κ2) is 11.9. The Morgan fingerprint density at radius 3 is 2.24 bits per heavy atom. The lowest BCUT2D eigenvalue weighted by molar-refractivity contribution is -0.142. The van der Waals surface area contributed by atoms with Gasteiger partial charge in [-0.05, 0) is 0 Å². The molecule has 23 heteroatoms. The summed E-state index contributed by atoms with van der Waals surface area (Å²) in [5.74, 6) is -1.61. The Labute approximate surface area is 206 Å². The Morgan fingerprint density at radius 2 is 1.70 bits per heavy atom. The van der Waals surface area contributed by atoms with Crippen LogP contribution in [-0.2, 0) is 52.5 Å². The lowest BCUT2D eigenvalue weighted by Gasteiger charge is -2.20. The molecule has 1 saturated heterocycles. The van der Waals surface area contributed by atoms with Crippen molar-refractivity contribution in [3.8, 4) is 0 Å². The highest BCUT2D eigenvalue weighted by Crippen LogP contribution is 2.66. The maximum Gasteiger partial charge on any atom is 0.490 e. The van der Waals surface area contributed by atoms with Crippen molar-refractivity contribution in [3.63, 3.8) is 0 Å². The van der Waals surface area contributed by atoms with E-state index in [1.807, 2.05) is 0 Å². The molecule has 1 aromatic heterocycles. The van der Waals surface area contributed by atoms with Gasteiger partial charge in [-0.1, -0.05) is 0 Å². The topological polar surface area (TPSA) is 300 Å². The third kappa shape index (κ3) is 9.42. The first-order valence-corrected chi connectivity index (χ1v) is 14.2. The Morgan fingerprint density at radius 1 is 1.08 bits per heavy atom. The summed E-state index contributed by atoms with van der Waals surface area (Å²) in [6.07, 6.45) is -6.16. The summed E-state index contributed by atoms with van der Waals surface area (Å²) >= 11 is 0. The molecule has 1 aliphatic rings. The van der Waals surface area contributed by atoms with Gasteiger partial charge < -0.3 is 44.6 Å². The van der Waals surface area contributed by atoms with Gasteiger partial charge in [0.15, 0.2) is 6.23 Å². The number of nitrogens with zero attached hydrogens (tertiary/aromatic N) is 2. The zero-order chi connectivity index (χ0) is 28.3. The molecule has 1 aromatic rings. The van der Waals surface area contributed by atoms with Crippen LogP contribution in [0.2, 0.25) is 0 Å². The third-order valence-electron chi connectivity index (χ3n) is 4.18. The Hall–Kier alpha value is -1.89. The summed E-state index contributed by atoms with van der Waals surface area (Å²) < 4.78 is 56.1. The van der Waals surface area contributed by atoms with Gasteiger partial charge in [0, 0.05) is 25.6 Å². The SMILES string of the molecule is CC(=O)Nc1nc(=O)n(C2OC(COP(=O)(O)OP(=O)(O)OP(=O)(O)O)C(O)C2O)cc1COC(C)=O. The molecule has 0 spiro atoms. The van der Waals surface area contributed by atoms with Crippen molar-refractivity contribution in [2.24, 2.45) is 0 Å². The van der Waals surface area contributed by atoms with Gasteiger partial charge in [-0.15, -0.1) is 0 Å². The number of ether oxygens (including phenoxy) is 2. The first-order chi connectivity index (χ1) is 16.8. The van der Waals surface area contributed by atoms with Crippen molar-refractivity contribution in [1.82, 2.24) is 9.55 Å². The van der Waals surface area contributed by atoms with Gasteiger partial charge in [-0.3, -0.25) is 18.7 Å². The summed E-state index contributed by atoms with van der Waals surface area (Å²) in [5, 5.41) is 22.8. The van der Waals surface area contributed by atoms with Crippen molar-refractivity contribution in [1.29, 1.82) is 0 Å². The predicted molar refractivity (Wildman–Crippen MR) is 114 cm³/mol. The summed E-state index contributed by atoms with van der Waals surface area (Å²) in [6.45, 7) is 0.610. The first kappa shape index (κ1) is 31.3. The number of esters is 1. The first-order valence-electron chi connectivity index (χ1n) is 9.63. The van der Waals surface area contributed by atoms with E-state index in [9.17, 15) is 43.2 Å². The van der Waals surface area contributed by atoms with E-state index in [0.717, 1.165) is 20.0 Å². The highest BCUT2D eigenvalue weighted by molar-refractivity contribution is 7.66. The van der Waals surface area contributed by atoms with E-state index in [0.29, 0.717) is 4.57 Å². The number of aromatic nitrogens is 2. The van der Waals surface area contributed by atoms with Gasteiger partial charge in [0.1, 0.15) is 30.7 Å². The van der Waals surface area contributed by atoms with Crippen LogP contribution in [-0.4, -0.2) is 76.1 Å². The van der Waals surface area contributed by atoms with E-state index in [2.05, 4.69) is 23.4 Å². The maximum atomic E-state index is 12.5. The molecule has 2 heterocycles. The van der Waals surface area contributed by atoms with Crippen LogP contribution in [0.25, 0.3) is 0 Å². The average molecular weight is 597 g/mol. The van der Waals surface area contributed by atoms with Crippen LogP contribution < -0.4 is 11.0 Å². The highest BCUT2D eigenvalue weighted by Gasteiger charge is 2.47. The van der Waals surface area contributed by atoms with E-state index in [4.69, 9.17) is 24.2 Å². The molecule has 0 aromatic carbocycles. The van der Waals surface area contributed by atoms with E-state index in [1.165, 1.54) is 0 Å². The van der Waals surface area contributed by atoms with Crippen LogP contribution in [0.5, 0.6) is 0 Å². The molecular weight excluding hydrogens is 575 g/mol. The van der Waals surface area contributed by atoms with E-state index in [-0.39, 0.29) is 11.4 Å². The van der Waals surface area contributed by atoms with Gasteiger partial charge >= 0.3 is 35.1 Å². The number of hydrogen-bond donors (Lipinski definition) is 7. The summed E-state index contributed by atoms with van der Waals surface area (Å²) in [7, 11) is -17.0. The van der Waals surface area contributed by atoms with Crippen molar-refractivity contribution in [2.45, 2.75) is 45.0 Å². The molecule has 0 radical (unpaired) electrons. The lowest BCUT2D eigenvalue weighted by atomic mass is 10.1. The van der Waals surface area contributed by atoms with Crippen molar-refractivity contribution < 1.29 is 75.7 Å². The van der Waals surface area contributed by atoms with Gasteiger partial charge in [-0.2, -0.15) is 13.6 Å². The van der Waals surface area contributed by atoms with Gasteiger partial charge in [0.05, 0.1) is 6.61 Å². The maximum absolute atomic E-state index is 12.5. The minimum absolute atomic E-state index is 0.0213. The smallest absolute Gasteiger partial charge is 0.461 e. The molecule has 210 valence electrons. The lowest BCUT2D eigenvalue weighted by Crippen LogP contribution is -2.36. The van der Waals surface area contributed by atoms with Crippen LogP contribution in [0.1, 0.15) is 25.6 Å². The molecule has 2 rings (SSSR count). The standard InChI is InChI=1S/C14H22N3O17P3/c1-6(18)15-12-8(4-30-7(2)19)3-17(14(22)16-12)13-11(21)10(20)9(32-13)5-31-36(26,27)34-37(28,29)33-35(23,24)25/h3,9-11,13,20-21H,4-5H2,1-2H3,(H,26,27)(H,28,29)(H2,23,24,25)(H,15,16,18,22). The summed E-state index contributed by atoms with van der Waals surface area (Å²) in [5.41, 5.74) is -1.13. The number of amides is 1. The predicted octanol–water partition coefficient (Wildman–Crippen LogP) is -1.77. The zero-order valence-corrected chi connectivity index (χ0v) is 21.4. The number of rotatable bonds is 11. The van der Waals surface area contributed by atoms with E-state index in [1.54, 1.807) is 0 Å². The average Bonchev–Trinajstić information content (AvgIpc) is 2.97. The van der Waals surface area contributed by atoms with Crippen molar-refractivity contribution >= 4 is 41.2 Å². The number of nitrogens with one attached hydrogen (secondary N) is 1. The van der Waals surface area contributed by atoms with E-state index < -0.39 is 78.8 Å². The Kier molecular flexibility index (Phi) is 10.1. The van der Waals surface area contributed by atoms with Gasteiger partial charge in [0.2, 0.25) is 5.91 Å². The Balaban J connectivity index is 2.22. The Bertz CT molecular complexity index is 1230. The molecule has 0 bridgehead atoms. The number of carbonyl (C=O) groups excluding carboxylic acids is 2. The summed E-state index contributed by atoms with van der Waals surface area (Å²) in [6, 6.07) is 0. The fourth-order valence-electron chi connectivity index (χ4n) is 2.82. The van der Waals surface area contributed by atoms with Crippen LogP contribution in [0.3, 0.4) is 0 Å². The summed E-state index contributed by atoms with van der Waals surface area (Å²) in [4.78, 5) is 74.4. The number of phosphoric acid groups is 3. The third-order valence-corrected chi connectivity index (χ3v) is 7.98. The minimum atomic E-state index is -5.80. The molecular formula is C14H22N3O17P3. The molecule has 1 fully saturated rings. The van der Waals surface area contributed by atoms with E-state index >= 15 is 0 Å². The highest BCUT2D eigenvalue weighted by atomic mass is 31.3. The number of hydrogen-bond acceptors (Lipinski definition) is 14. The molecule has 0 saturated carbocycles. The fraction of sp³-hybridized carbons (Fsp3) is 0.571. The quantitative estimate of drug-likeness (QED) is 0.110. The van der Waals surface area contributed by atoms with Crippen LogP contribution in [0.15, 0.2) is 11.0 Å². The number of phosphoric ester groups is 1. The molecule has 7 N–H and O–H groups in total. The number of anilines is 1. The minimum Gasteiger partial charge on any atom is -0.461 e. The monoisotopic (exact) mass is 597 g/mol. The zero-order valence-electron chi connectivity index (χ0n) is 18.7. The molecule has 37 heavy (non-hydrogen) atoms. The molecule has 20 nitrogen and oxygen atoms in total. The number of carbonyl (C=O) groups is 2. The molecule has 0 aliphatic carbocycles. The molecule has 6 unspecified atom stereocenters. The van der Waals surface area contributed by atoms with Crippen molar-refractivity contribution in [2.75, 3.05) is 11.9 Å². The number of aliphatic hydroxyl groups is 2. The normalized spacial score (nSPS) is 25.2. The fourth-order valence-corrected chi connectivity index (χ4v) is 5.85. The number of aliphatic hydroxyl groups excluding tert-OH is 2. The van der Waals surface area contributed by atoms with Gasteiger partial charge in [0.25, 0.3) is 0 Å². The van der Waals surface area contributed by atoms with Crippen LogP contribution >= 0.6 is 23.5 Å². The van der Waals surface area contributed by atoms with Gasteiger partial charge in [-0.25, -0.2) is 18.5 Å². The van der Waals surface area contributed by atoms with Crippen LogP contribution in [0.4, 0.5) is 5.82 Å². The largest absolute Gasteiger partial charge is 0.490 e. The molecule has 1 amide bonds. The second-order valence-electron chi connectivity index (χ2n) is 7.20. The molecule has 1 aliphatic heterocycles. The molecule has 6 atom stereocenters. The second-order valence-corrected chi connectivity index (χ2v) is 11.6. The van der Waals surface area contributed by atoms with Crippen molar-refractivity contribution in [3.05, 3.63) is 22.2 Å². The van der Waals surface area contributed by atoms with Crippen LogP contribution in [0, 0.1) is 0 Å².